The van der Waals surface area contributed by atoms with E-state index < -0.39 is 0 Å². The Morgan fingerprint density at radius 1 is 1.19 bits per heavy atom. The van der Waals surface area contributed by atoms with Crippen LogP contribution >= 0.6 is 24.0 Å². The van der Waals surface area contributed by atoms with Gasteiger partial charge < -0.3 is 25.0 Å². The zero-order valence-electron chi connectivity index (χ0n) is 16.5. The lowest BCUT2D eigenvalue weighted by molar-refractivity contribution is -0.127. The van der Waals surface area contributed by atoms with Crippen LogP contribution in [0.15, 0.2) is 4.99 Å². The van der Waals surface area contributed by atoms with Crippen molar-refractivity contribution in [3.8, 4) is 0 Å². The summed E-state index contributed by atoms with van der Waals surface area (Å²) in [7, 11) is 3.48. The monoisotopic (exact) mass is 485 g/mol. The molecule has 2 N–H and O–H groups in total. The van der Waals surface area contributed by atoms with E-state index in [1.807, 2.05) is 6.92 Å². The number of carbonyl (C=O) groups is 1. The highest BCUT2D eigenvalue weighted by Crippen LogP contribution is 1.97. The molecule has 0 bridgehead atoms. The van der Waals surface area contributed by atoms with Crippen LogP contribution in [0.4, 0.5) is 0 Å². The summed E-state index contributed by atoms with van der Waals surface area (Å²) in [6.07, 6.45) is 1.94. The second-order valence-corrected chi connectivity index (χ2v) is 6.16. The summed E-state index contributed by atoms with van der Waals surface area (Å²) in [5.74, 6) is 0.678. The van der Waals surface area contributed by atoms with E-state index in [9.17, 15) is 4.79 Å². The van der Waals surface area contributed by atoms with Crippen molar-refractivity contribution in [1.29, 1.82) is 0 Å². The van der Waals surface area contributed by atoms with Crippen molar-refractivity contribution in [3.05, 3.63) is 0 Å². The highest BCUT2D eigenvalue weighted by molar-refractivity contribution is 14.0. The average molecular weight is 485 g/mol. The molecular weight excluding hydrogens is 449 g/mol. The Balaban J connectivity index is 0.00000625. The minimum Gasteiger partial charge on any atom is -0.382 e. The van der Waals surface area contributed by atoms with Crippen LogP contribution in [0.1, 0.15) is 19.8 Å². The minimum absolute atomic E-state index is 0. The number of morpholine rings is 1. The third kappa shape index (κ3) is 12.7. The smallest absolute Gasteiger partial charge is 0.243 e. The number of hydrogen-bond acceptors (Lipinski definition) is 5. The third-order valence-corrected chi connectivity index (χ3v) is 3.88. The van der Waals surface area contributed by atoms with Crippen molar-refractivity contribution in [2.24, 2.45) is 4.99 Å². The Morgan fingerprint density at radius 3 is 2.46 bits per heavy atom. The molecule has 26 heavy (non-hydrogen) atoms. The number of halogens is 1. The maximum absolute atomic E-state index is 11.7. The maximum Gasteiger partial charge on any atom is 0.243 e. The van der Waals surface area contributed by atoms with Crippen molar-refractivity contribution in [1.82, 2.24) is 20.4 Å². The molecule has 0 aromatic rings. The zero-order valence-corrected chi connectivity index (χ0v) is 18.8. The van der Waals surface area contributed by atoms with Gasteiger partial charge in [0.2, 0.25) is 5.91 Å². The number of likely N-dealkylation sites (N-methyl/N-ethyl adjacent to an activating group) is 1. The van der Waals surface area contributed by atoms with Gasteiger partial charge in [0.05, 0.1) is 13.2 Å². The van der Waals surface area contributed by atoms with Gasteiger partial charge in [0.1, 0.15) is 6.54 Å². The topological polar surface area (TPSA) is 78.4 Å². The van der Waals surface area contributed by atoms with Gasteiger partial charge in [0, 0.05) is 53.5 Å². The van der Waals surface area contributed by atoms with E-state index in [0.29, 0.717) is 5.96 Å². The second-order valence-electron chi connectivity index (χ2n) is 6.16. The van der Waals surface area contributed by atoms with Gasteiger partial charge >= 0.3 is 0 Å². The summed E-state index contributed by atoms with van der Waals surface area (Å²) < 4.78 is 10.7. The van der Waals surface area contributed by atoms with Crippen LogP contribution in [0.25, 0.3) is 0 Å². The van der Waals surface area contributed by atoms with Crippen LogP contribution in [-0.2, 0) is 14.3 Å². The Kier molecular flexibility index (Phi) is 16.1. The van der Waals surface area contributed by atoms with Gasteiger partial charge in [-0.1, -0.05) is 0 Å². The lowest BCUT2D eigenvalue weighted by Crippen LogP contribution is -2.41. The fraction of sp³-hybridized carbons (Fsp3) is 0.882. The molecule has 0 saturated carbocycles. The van der Waals surface area contributed by atoms with Crippen LogP contribution < -0.4 is 10.6 Å². The van der Waals surface area contributed by atoms with Crippen LogP contribution in [0, 0.1) is 0 Å². The Hall–Kier alpha value is -0.650. The molecule has 0 aliphatic carbocycles. The molecule has 154 valence electrons. The van der Waals surface area contributed by atoms with E-state index in [1.165, 1.54) is 0 Å². The molecule has 0 aromatic carbocycles. The molecule has 9 heteroatoms. The minimum atomic E-state index is -0.0104. The van der Waals surface area contributed by atoms with Crippen molar-refractivity contribution in [2.75, 3.05) is 79.8 Å². The lowest BCUT2D eigenvalue weighted by Gasteiger charge is -2.26. The van der Waals surface area contributed by atoms with Crippen LogP contribution in [0.5, 0.6) is 0 Å². The van der Waals surface area contributed by atoms with Gasteiger partial charge in [-0.2, -0.15) is 0 Å². The van der Waals surface area contributed by atoms with Crippen molar-refractivity contribution >= 4 is 35.8 Å². The molecule has 0 unspecified atom stereocenters. The van der Waals surface area contributed by atoms with Crippen LogP contribution in [0.2, 0.25) is 0 Å². The van der Waals surface area contributed by atoms with E-state index >= 15 is 0 Å². The fourth-order valence-electron chi connectivity index (χ4n) is 2.32. The first-order valence-electron chi connectivity index (χ1n) is 9.23. The maximum atomic E-state index is 11.7. The molecule has 0 atom stereocenters. The molecule has 1 amide bonds. The number of amides is 1. The Labute approximate surface area is 175 Å². The highest BCUT2D eigenvalue weighted by Gasteiger charge is 2.09. The second kappa shape index (κ2) is 16.5. The van der Waals surface area contributed by atoms with Crippen molar-refractivity contribution in [3.63, 3.8) is 0 Å². The first kappa shape index (κ1) is 25.4. The number of nitrogens with zero attached hydrogens (tertiary/aromatic N) is 3. The van der Waals surface area contributed by atoms with Crippen molar-refractivity contribution < 1.29 is 14.3 Å². The molecule has 1 heterocycles. The lowest BCUT2D eigenvalue weighted by atomic mass is 10.3. The molecule has 0 aromatic heterocycles. The summed E-state index contributed by atoms with van der Waals surface area (Å²) in [6.45, 7) is 9.91. The van der Waals surface area contributed by atoms with E-state index in [4.69, 9.17) is 9.47 Å². The number of hydrogen-bond donors (Lipinski definition) is 2. The third-order valence-electron chi connectivity index (χ3n) is 3.88. The quantitative estimate of drug-likeness (QED) is 0.191. The number of carbonyl (C=O) groups excluding carboxylic acids is 1. The van der Waals surface area contributed by atoms with Crippen LogP contribution in [-0.4, -0.2) is 101 Å². The number of rotatable bonds is 11. The van der Waals surface area contributed by atoms with E-state index in [2.05, 4.69) is 20.5 Å². The van der Waals surface area contributed by atoms with Gasteiger partial charge in [0.25, 0.3) is 0 Å². The molecule has 1 fully saturated rings. The number of guanidine groups is 1. The van der Waals surface area contributed by atoms with E-state index in [0.717, 1.165) is 72.0 Å². The first-order valence-corrected chi connectivity index (χ1v) is 9.23. The molecule has 1 aliphatic rings. The summed E-state index contributed by atoms with van der Waals surface area (Å²) in [5.41, 5.74) is 0. The molecule has 0 radical (unpaired) electrons. The first-order chi connectivity index (χ1) is 12.1. The molecule has 0 spiro atoms. The SMILES string of the molecule is CCOCCCNC(=NCC(=O)N(C)C)NCCCN1CCOCC1.I. The zero-order chi connectivity index (χ0) is 18.3. The Bertz CT molecular complexity index is 391. The van der Waals surface area contributed by atoms with Gasteiger partial charge in [-0.3, -0.25) is 9.69 Å². The van der Waals surface area contributed by atoms with Crippen molar-refractivity contribution in [2.45, 2.75) is 19.8 Å². The van der Waals surface area contributed by atoms with Gasteiger partial charge in [0.15, 0.2) is 5.96 Å². The largest absolute Gasteiger partial charge is 0.382 e. The summed E-state index contributed by atoms with van der Waals surface area (Å²) in [5, 5.41) is 6.58. The number of aliphatic imine (C=N–C) groups is 1. The molecule has 8 nitrogen and oxygen atoms in total. The summed E-state index contributed by atoms with van der Waals surface area (Å²) in [4.78, 5) is 20.1. The normalized spacial score (nSPS) is 15.3. The van der Waals surface area contributed by atoms with E-state index in [-0.39, 0.29) is 36.4 Å². The predicted molar refractivity (Wildman–Crippen MR) is 115 cm³/mol. The average Bonchev–Trinajstić information content (AvgIpc) is 2.62. The fourth-order valence-corrected chi connectivity index (χ4v) is 2.32. The number of nitrogens with one attached hydrogen (secondary N) is 2. The standard InChI is InChI=1S/C17H35N5O3.HI/c1-4-24-12-6-8-19-17(20-15-16(23)21(2)3)18-7-5-9-22-10-13-25-14-11-22;/h4-15H2,1-3H3,(H2,18,19,20);1H. The van der Waals surface area contributed by atoms with Gasteiger partial charge in [-0.15, -0.1) is 24.0 Å². The van der Waals surface area contributed by atoms with Gasteiger partial charge in [-0.25, -0.2) is 4.99 Å². The molecule has 1 rings (SSSR count). The summed E-state index contributed by atoms with van der Waals surface area (Å²) in [6, 6.07) is 0. The highest BCUT2D eigenvalue weighted by atomic mass is 127. The molecular formula is C17H36IN5O3. The molecule has 1 saturated heterocycles. The Morgan fingerprint density at radius 2 is 1.85 bits per heavy atom. The summed E-state index contributed by atoms with van der Waals surface area (Å²) >= 11 is 0. The van der Waals surface area contributed by atoms with Crippen LogP contribution in [0.3, 0.4) is 0 Å². The number of ether oxygens (including phenoxy) is 2. The molecule has 1 aliphatic heterocycles. The predicted octanol–water partition coefficient (Wildman–Crippen LogP) is 0.377. The van der Waals surface area contributed by atoms with Gasteiger partial charge in [-0.05, 0) is 26.3 Å². The van der Waals surface area contributed by atoms with E-state index in [1.54, 1.807) is 19.0 Å².